The van der Waals surface area contributed by atoms with Gasteiger partial charge in [-0.2, -0.15) is 26.3 Å². The molecular formula is C18H25F6N. The first-order valence-electron chi connectivity index (χ1n) is 8.58. The molecule has 0 bridgehead atoms. The van der Waals surface area contributed by atoms with Gasteiger partial charge in [0.25, 0.3) is 0 Å². The third-order valence-corrected chi connectivity index (χ3v) is 4.04. The fraction of sp³-hybridized carbons (Fsp3) is 0.667. The number of hydrogen-bond donors (Lipinski definition) is 0. The lowest BCUT2D eigenvalue weighted by atomic mass is 10.0. The summed E-state index contributed by atoms with van der Waals surface area (Å²) in [5, 5.41) is 0. The van der Waals surface area contributed by atoms with E-state index in [1.54, 1.807) is 0 Å². The third-order valence-electron chi connectivity index (χ3n) is 4.04. The van der Waals surface area contributed by atoms with Crippen LogP contribution in [0.4, 0.5) is 32.0 Å². The summed E-state index contributed by atoms with van der Waals surface area (Å²) in [6, 6.07) is 1.74. The number of benzene rings is 1. The van der Waals surface area contributed by atoms with Crippen LogP contribution < -0.4 is 4.90 Å². The van der Waals surface area contributed by atoms with Crippen LogP contribution in [0.1, 0.15) is 52.4 Å². The first kappa shape index (κ1) is 21.6. The molecule has 0 aliphatic rings. The minimum atomic E-state index is -5.47. The summed E-state index contributed by atoms with van der Waals surface area (Å²) in [7, 11) is 0. The van der Waals surface area contributed by atoms with E-state index in [0.717, 1.165) is 6.42 Å². The van der Waals surface area contributed by atoms with Crippen molar-refractivity contribution in [2.24, 2.45) is 0 Å². The van der Waals surface area contributed by atoms with Gasteiger partial charge >= 0.3 is 17.9 Å². The molecule has 0 aliphatic carbocycles. The van der Waals surface area contributed by atoms with Crippen LogP contribution in [0.3, 0.4) is 0 Å². The molecule has 0 radical (unpaired) electrons. The molecule has 0 saturated heterocycles. The Morgan fingerprint density at radius 2 is 1.40 bits per heavy atom. The van der Waals surface area contributed by atoms with E-state index in [-0.39, 0.29) is 23.4 Å². The molecule has 1 nitrogen and oxygen atoms in total. The Hall–Kier alpha value is -1.40. The summed E-state index contributed by atoms with van der Waals surface area (Å²) in [4.78, 5) is 0.0763. The number of nitrogens with zero attached hydrogens (tertiary/aromatic N) is 1. The molecule has 25 heavy (non-hydrogen) atoms. The quantitative estimate of drug-likeness (QED) is 0.237. The maximum Gasteiger partial charge on any atom is 0.395 e. The zero-order chi connectivity index (χ0) is 19.1. The highest BCUT2D eigenvalue weighted by Crippen LogP contribution is 2.50. The first-order chi connectivity index (χ1) is 11.6. The van der Waals surface area contributed by atoms with E-state index in [2.05, 4.69) is 0 Å². The molecule has 144 valence electrons. The van der Waals surface area contributed by atoms with E-state index < -0.39 is 30.9 Å². The lowest BCUT2D eigenvalue weighted by Gasteiger charge is -2.40. The van der Waals surface area contributed by atoms with Crippen LogP contribution in [0.5, 0.6) is 0 Å². The van der Waals surface area contributed by atoms with Crippen molar-refractivity contribution in [3.63, 3.8) is 0 Å². The van der Waals surface area contributed by atoms with Crippen molar-refractivity contribution < 1.29 is 26.3 Å². The van der Waals surface area contributed by atoms with Crippen molar-refractivity contribution in [3.05, 3.63) is 30.3 Å². The van der Waals surface area contributed by atoms with Crippen LogP contribution in [0, 0.1) is 0 Å². The summed E-state index contributed by atoms with van der Waals surface area (Å²) in [5.41, 5.74) is -0.212. The van der Waals surface area contributed by atoms with Crippen molar-refractivity contribution in [1.82, 2.24) is 0 Å². The van der Waals surface area contributed by atoms with Gasteiger partial charge in [-0.15, -0.1) is 0 Å². The van der Waals surface area contributed by atoms with Crippen molar-refractivity contribution in [3.8, 4) is 0 Å². The van der Waals surface area contributed by atoms with E-state index in [9.17, 15) is 26.3 Å². The number of halogens is 6. The van der Waals surface area contributed by atoms with Gasteiger partial charge in [0, 0.05) is 18.7 Å². The predicted octanol–water partition coefficient (Wildman–Crippen LogP) is 6.74. The van der Waals surface area contributed by atoms with Gasteiger partial charge in [0.1, 0.15) is 0 Å². The fourth-order valence-corrected chi connectivity index (χ4v) is 2.58. The van der Waals surface area contributed by atoms with Crippen molar-refractivity contribution in [2.75, 3.05) is 11.4 Å². The third kappa shape index (κ3) is 4.82. The zero-order valence-electron chi connectivity index (χ0n) is 14.6. The van der Waals surface area contributed by atoms with Crippen LogP contribution in [0.25, 0.3) is 0 Å². The highest BCUT2D eigenvalue weighted by Gasteiger charge is 2.73. The average molecular weight is 369 g/mol. The molecule has 0 spiro atoms. The first-order valence-corrected chi connectivity index (χ1v) is 8.58. The Balaban J connectivity index is 3.08. The maximum absolute atomic E-state index is 14.5. The second-order valence-corrected chi connectivity index (χ2v) is 6.12. The maximum atomic E-state index is 14.5. The Labute approximate surface area is 145 Å². The number of rotatable bonds is 11. The standard InChI is InChI=1S/C18H25F6N/c1-3-5-6-10-13-16(19,20)17(21,22)18(23,24)25(14-4-2)15-11-8-7-9-12-15/h7-9,11-12H,3-6,10,13-14H2,1-2H3. The molecule has 0 fully saturated rings. The predicted molar refractivity (Wildman–Crippen MR) is 87.7 cm³/mol. The lowest BCUT2D eigenvalue weighted by molar-refractivity contribution is -0.310. The smallest absolute Gasteiger partial charge is 0.308 e. The summed E-state index contributed by atoms with van der Waals surface area (Å²) in [5.74, 6) is -10.3. The Morgan fingerprint density at radius 3 is 1.92 bits per heavy atom. The van der Waals surface area contributed by atoms with Crippen molar-refractivity contribution in [1.29, 1.82) is 0 Å². The lowest BCUT2D eigenvalue weighted by Crippen LogP contribution is -2.62. The average Bonchev–Trinajstić information content (AvgIpc) is 2.57. The van der Waals surface area contributed by atoms with Gasteiger partial charge in [0.15, 0.2) is 0 Å². The molecule has 1 aromatic carbocycles. The Morgan fingerprint density at radius 1 is 0.800 bits per heavy atom. The minimum absolute atomic E-state index is 0.0763. The van der Waals surface area contributed by atoms with Gasteiger partial charge in [-0.05, 0) is 25.0 Å². The number of anilines is 1. The van der Waals surface area contributed by atoms with E-state index in [0.29, 0.717) is 12.8 Å². The van der Waals surface area contributed by atoms with E-state index in [1.165, 1.54) is 37.3 Å². The molecule has 0 amide bonds. The van der Waals surface area contributed by atoms with Crippen LogP contribution in [-0.4, -0.2) is 24.4 Å². The summed E-state index contributed by atoms with van der Waals surface area (Å²) < 4.78 is 85.4. The SMILES string of the molecule is CCCCCCC(F)(F)C(F)(F)C(F)(F)N(CCC)c1ccccc1. The number of para-hydroxylation sites is 1. The molecule has 0 heterocycles. The summed E-state index contributed by atoms with van der Waals surface area (Å²) in [6.45, 7) is 2.90. The van der Waals surface area contributed by atoms with E-state index in [1.807, 2.05) is 6.92 Å². The Kier molecular flexibility index (Phi) is 7.62. The van der Waals surface area contributed by atoms with E-state index in [4.69, 9.17) is 0 Å². The van der Waals surface area contributed by atoms with Crippen molar-refractivity contribution >= 4 is 5.69 Å². The summed E-state index contributed by atoms with van der Waals surface area (Å²) >= 11 is 0. The molecule has 0 aliphatic heterocycles. The monoisotopic (exact) mass is 369 g/mol. The van der Waals surface area contributed by atoms with Crippen LogP contribution in [0.15, 0.2) is 30.3 Å². The Bertz CT molecular complexity index is 504. The number of hydrogen-bond acceptors (Lipinski definition) is 1. The molecule has 0 N–H and O–H groups in total. The molecule has 1 aromatic rings. The fourth-order valence-electron chi connectivity index (χ4n) is 2.58. The largest absolute Gasteiger partial charge is 0.395 e. The van der Waals surface area contributed by atoms with Gasteiger partial charge < -0.3 is 4.90 Å². The normalized spacial score (nSPS) is 13.1. The minimum Gasteiger partial charge on any atom is -0.308 e. The van der Waals surface area contributed by atoms with Crippen molar-refractivity contribution in [2.45, 2.75) is 70.3 Å². The number of unbranched alkanes of at least 4 members (excludes halogenated alkanes) is 3. The second kappa shape index (κ2) is 8.81. The molecule has 0 atom stereocenters. The second-order valence-electron chi connectivity index (χ2n) is 6.12. The number of alkyl halides is 6. The van der Waals surface area contributed by atoms with Crippen LogP contribution in [-0.2, 0) is 0 Å². The highest BCUT2D eigenvalue weighted by molar-refractivity contribution is 5.48. The molecule has 7 heteroatoms. The topological polar surface area (TPSA) is 3.24 Å². The highest BCUT2D eigenvalue weighted by atomic mass is 19.3. The molecule has 0 unspecified atom stereocenters. The van der Waals surface area contributed by atoms with Gasteiger partial charge in [-0.1, -0.05) is 51.3 Å². The van der Waals surface area contributed by atoms with E-state index >= 15 is 0 Å². The zero-order valence-corrected chi connectivity index (χ0v) is 14.6. The van der Waals surface area contributed by atoms with Gasteiger partial charge in [-0.3, -0.25) is 0 Å². The van der Waals surface area contributed by atoms with Gasteiger partial charge in [0.05, 0.1) is 0 Å². The van der Waals surface area contributed by atoms with Gasteiger partial charge in [-0.25, -0.2) is 0 Å². The van der Waals surface area contributed by atoms with Gasteiger partial charge in [0.2, 0.25) is 0 Å². The molecule has 0 aromatic heterocycles. The van der Waals surface area contributed by atoms with Crippen LogP contribution >= 0.6 is 0 Å². The molecule has 1 rings (SSSR count). The molecule has 0 saturated carbocycles. The summed E-state index contributed by atoms with van der Waals surface area (Å²) in [6.07, 6.45) is 0.282. The van der Waals surface area contributed by atoms with Crippen LogP contribution in [0.2, 0.25) is 0 Å². The molecular weight excluding hydrogens is 344 g/mol.